The van der Waals surface area contributed by atoms with Crippen molar-refractivity contribution < 1.29 is 4.74 Å². The van der Waals surface area contributed by atoms with Crippen LogP contribution in [0.5, 0.6) is 5.75 Å². The Morgan fingerprint density at radius 3 is 2.65 bits per heavy atom. The van der Waals surface area contributed by atoms with E-state index in [1.807, 2.05) is 38.1 Å². The van der Waals surface area contributed by atoms with Gasteiger partial charge in [-0.25, -0.2) is 4.98 Å². The summed E-state index contributed by atoms with van der Waals surface area (Å²) < 4.78 is 7.36. The molecule has 0 radical (unpaired) electrons. The van der Waals surface area contributed by atoms with Gasteiger partial charge in [0, 0.05) is 17.8 Å². The molecule has 6 heteroatoms. The summed E-state index contributed by atoms with van der Waals surface area (Å²) in [6.45, 7) is 8.34. The van der Waals surface area contributed by atoms with Crippen molar-refractivity contribution in [3.8, 4) is 5.75 Å². The number of unbranched alkanes of at least 4 members (excludes halogenated alkanes) is 1. The highest BCUT2D eigenvalue weighted by molar-refractivity contribution is 5.66. The topological polar surface area (TPSA) is 50.6 Å². The number of anilines is 2. The van der Waals surface area contributed by atoms with Gasteiger partial charge in [0.05, 0.1) is 26.1 Å². The summed E-state index contributed by atoms with van der Waals surface area (Å²) in [5, 5.41) is 0. The van der Waals surface area contributed by atoms with Gasteiger partial charge in [0.15, 0.2) is 0 Å². The second kappa shape index (κ2) is 7.91. The van der Waals surface area contributed by atoms with Crippen molar-refractivity contribution in [1.82, 2.24) is 14.5 Å². The number of aromatic nitrogens is 2. The van der Waals surface area contributed by atoms with E-state index in [-0.39, 0.29) is 5.56 Å². The molecule has 140 valence electrons. The van der Waals surface area contributed by atoms with E-state index in [1.54, 1.807) is 11.7 Å². The fraction of sp³-hybridized carbons (Fsp3) is 0.500. The van der Waals surface area contributed by atoms with Gasteiger partial charge >= 0.3 is 0 Å². The van der Waals surface area contributed by atoms with E-state index < -0.39 is 0 Å². The number of benzene rings is 1. The third-order valence-corrected chi connectivity index (χ3v) is 4.93. The van der Waals surface area contributed by atoms with E-state index in [0.29, 0.717) is 25.7 Å². The van der Waals surface area contributed by atoms with Gasteiger partial charge in [-0.1, -0.05) is 32.4 Å². The van der Waals surface area contributed by atoms with E-state index in [0.717, 1.165) is 42.1 Å². The van der Waals surface area contributed by atoms with Crippen LogP contribution in [0.25, 0.3) is 0 Å². The molecular formula is C20H28N4O2. The molecule has 0 spiro atoms. The molecule has 3 rings (SSSR count). The number of nitrogens with zero attached hydrogens (tertiary/aromatic N) is 4. The van der Waals surface area contributed by atoms with Crippen LogP contribution < -0.4 is 15.2 Å². The van der Waals surface area contributed by atoms with Crippen LogP contribution in [0.2, 0.25) is 0 Å². The van der Waals surface area contributed by atoms with E-state index in [4.69, 9.17) is 9.72 Å². The summed E-state index contributed by atoms with van der Waals surface area (Å²) in [5.74, 6) is 1.48. The maximum Gasteiger partial charge on any atom is 0.259 e. The van der Waals surface area contributed by atoms with E-state index in [2.05, 4.69) is 16.7 Å². The van der Waals surface area contributed by atoms with Gasteiger partial charge in [0.1, 0.15) is 5.75 Å². The quantitative estimate of drug-likeness (QED) is 0.795. The summed E-state index contributed by atoms with van der Waals surface area (Å²) in [6.07, 6.45) is 2.92. The highest BCUT2D eigenvalue weighted by Gasteiger charge is 2.28. The number of rotatable bonds is 6. The van der Waals surface area contributed by atoms with Crippen molar-refractivity contribution in [2.45, 2.75) is 46.7 Å². The number of hydrogen-bond acceptors (Lipinski definition) is 5. The lowest BCUT2D eigenvalue weighted by molar-refractivity contribution is 0.195. The molecule has 0 amide bonds. The van der Waals surface area contributed by atoms with Crippen LogP contribution in [0.3, 0.4) is 0 Å². The number of hydrogen-bond donors (Lipinski definition) is 0. The van der Waals surface area contributed by atoms with Gasteiger partial charge in [-0.2, -0.15) is 0 Å². The molecule has 0 bridgehead atoms. The fourth-order valence-electron chi connectivity index (χ4n) is 3.49. The van der Waals surface area contributed by atoms with Crippen LogP contribution in [0.15, 0.2) is 29.1 Å². The van der Waals surface area contributed by atoms with Crippen LogP contribution in [-0.2, 0) is 13.1 Å². The smallest absolute Gasteiger partial charge is 0.259 e. The van der Waals surface area contributed by atoms with Crippen molar-refractivity contribution in [2.75, 3.05) is 25.2 Å². The molecule has 0 fully saturated rings. The van der Waals surface area contributed by atoms with E-state index in [9.17, 15) is 4.79 Å². The Balaban J connectivity index is 2.14. The highest BCUT2D eigenvalue weighted by Crippen LogP contribution is 2.34. The Morgan fingerprint density at radius 2 is 1.96 bits per heavy atom. The third-order valence-electron chi connectivity index (χ3n) is 4.93. The Labute approximate surface area is 155 Å². The molecule has 1 aliphatic rings. The molecule has 0 saturated heterocycles. The average molecular weight is 356 g/mol. The number of methoxy groups -OCH3 is 1. The molecule has 0 atom stereocenters. The summed E-state index contributed by atoms with van der Waals surface area (Å²) in [6, 6.07) is 7.89. The van der Waals surface area contributed by atoms with Crippen molar-refractivity contribution in [1.29, 1.82) is 0 Å². The first-order chi connectivity index (χ1) is 12.6. The number of fused-ring (bicyclic) bond motifs is 1. The Kier molecular flexibility index (Phi) is 5.61. The second-order valence-electron chi connectivity index (χ2n) is 6.69. The minimum Gasteiger partial charge on any atom is -0.495 e. The Bertz CT molecular complexity index is 831. The number of aryl methyl sites for hydroxylation is 1. The molecule has 1 aliphatic heterocycles. The molecule has 26 heavy (non-hydrogen) atoms. The normalized spacial score (nSPS) is 14.4. The van der Waals surface area contributed by atoms with Crippen molar-refractivity contribution >= 4 is 11.6 Å². The summed E-state index contributed by atoms with van der Waals surface area (Å²) in [5.41, 5.74) is 2.60. The zero-order valence-corrected chi connectivity index (χ0v) is 16.2. The van der Waals surface area contributed by atoms with E-state index in [1.165, 1.54) is 0 Å². The lowest BCUT2D eigenvalue weighted by Crippen LogP contribution is -2.48. The van der Waals surface area contributed by atoms with Gasteiger partial charge in [0.25, 0.3) is 5.56 Å². The molecule has 0 unspecified atom stereocenters. The van der Waals surface area contributed by atoms with Crippen molar-refractivity contribution in [2.24, 2.45) is 0 Å². The molecule has 0 saturated carbocycles. The lowest BCUT2D eigenvalue weighted by Gasteiger charge is -2.38. The maximum absolute atomic E-state index is 13.1. The summed E-state index contributed by atoms with van der Waals surface area (Å²) in [4.78, 5) is 22.2. The maximum atomic E-state index is 13.1. The van der Waals surface area contributed by atoms with Crippen LogP contribution in [0, 0.1) is 6.92 Å². The van der Waals surface area contributed by atoms with Crippen LogP contribution in [0.1, 0.15) is 37.9 Å². The third kappa shape index (κ3) is 3.33. The second-order valence-corrected chi connectivity index (χ2v) is 6.69. The molecule has 1 aromatic heterocycles. The van der Waals surface area contributed by atoms with Crippen LogP contribution in [-0.4, -0.2) is 34.8 Å². The first-order valence-corrected chi connectivity index (χ1v) is 9.33. The molecule has 2 aromatic rings. The summed E-state index contributed by atoms with van der Waals surface area (Å²) >= 11 is 0. The standard InChI is InChI=1S/C20H28N4O2/c1-5-7-12-22-13-23(17-10-8-9-11-18(17)26-4)20-21-15(3)16(6-2)19(25)24(20)14-22/h8-11H,5-7,12-14H2,1-4H3. The van der Waals surface area contributed by atoms with Gasteiger partial charge in [-0.05, 0) is 31.9 Å². The minimum absolute atomic E-state index is 0.0658. The van der Waals surface area contributed by atoms with Gasteiger partial charge in [0.2, 0.25) is 5.95 Å². The monoisotopic (exact) mass is 356 g/mol. The molecule has 2 heterocycles. The van der Waals surface area contributed by atoms with Crippen molar-refractivity contribution in [3.05, 3.63) is 45.9 Å². The summed E-state index contributed by atoms with van der Waals surface area (Å²) in [7, 11) is 1.67. The zero-order valence-electron chi connectivity index (χ0n) is 16.2. The first-order valence-electron chi connectivity index (χ1n) is 9.33. The highest BCUT2D eigenvalue weighted by atomic mass is 16.5. The van der Waals surface area contributed by atoms with Crippen molar-refractivity contribution in [3.63, 3.8) is 0 Å². The van der Waals surface area contributed by atoms with Crippen LogP contribution in [0.4, 0.5) is 11.6 Å². The molecule has 0 aliphatic carbocycles. The fourth-order valence-corrected chi connectivity index (χ4v) is 3.49. The van der Waals surface area contributed by atoms with Gasteiger partial charge in [-0.3, -0.25) is 19.2 Å². The average Bonchev–Trinajstić information content (AvgIpc) is 2.66. The lowest BCUT2D eigenvalue weighted by atomic mass is 10.2. The molecular weight excluding hydrogens is 328 g/mol. The SMILES string of the molecule is CCCCN1CN(c2ccccc2OC)c2nc(C)c(CC)c(=O)n2C1. The zero-order chi connectivity index (χ0) is 18.7. The Morgan fingerprint density at radius 1 is 1.19 bits per heavy atom. The minimum atomic E-state index is 0.0658. The number of ether oxygens (including phenoxy) is 1. The predicted octanol–water partition coefficient (Wildman–Crippen LogP) is 3.29. The molecule has 6 nitrogen and oxygen atoms in total. The van der Waals surface area contributed by atoms with Gasteiger partial charge < -0.3 is 4.74 Å². The number of para-hydroxylation sites is 2. The molecule has 0 N–H and O–H groups in total. The van der Waals surface area contributed by atoms with Crippen LogP contribution >= 0.6 is 0 Å². The van der Waals surface area contributed by atoms with E-state index >= 15 is 0 Å². The first kappa shape index (κ1) is 18.5. The largest absolute Gasteiger partial charge is 0.495 e. The van der Waals surface area contributed by atoms with Gasteiger partial charge in [-0.15, -0.1) is 0 Å². The predicted molar refractivity (Wildman–Crippen MR) is 104 cm³/mol. The Hall–Kier alpha value is -2.34. The molecule has 1 aromatic carbocycles.